The number of ether oxygens (including phenoxy) is 1. The topological polar surface area (TPSA) is 121 Å². The Morgan fingerprint density at radius 2 is 1.66 bits per heavy atom. The molecule has 0 aliphatic heterocycles. The van der Waals surface area contributed by atoms with Crippen LogP contribution < -0.4 is 4.90 Å². The van der Waals surface area contributed by atoms with Crippen molar-refractivity contribution >= 4 is 39.0 Å². The van der Waals surface area contributed by atoms with E-state index in [4.69, 9.17) is 11.6 Å². The summed E-state index contributed by atoms with van der Waals surface area (Å²) in [4.78, 5) is 25.3. The Labute approximate surface area is 173 Å². The third-order valence-corrected chi connectivity index (χ3v) is 6.33. The number of rotatable bonds is 7. The second-order valence-corrected chi connectivity index (χ2v) is 8.73. The SMILES string of the molecule is COC(=O)C(O)(CO)CS(=O)(=O)c1ccc(N(C)C(=O)c2ccc(Cl)cc2)cc1. The first-order chi connectivity index (χ1) is 13.5. The first-order valence-electron chi connectivity index (χ1n) is 8.32. The van der Waals surface area contributed by atoms with Gasteiger partial charge in [-0.15, -0.1) is 0 Å². The molecule has 0 aromatic heterocycles. The molecular formula is C19H20ClNO7S. The Kier molecular flexibility index (Phi) is 7.02. The van der Waals surface area contributed by atoms with Crippen molar-refractivity contribution in [2.75, 3.05) is 31.4 Å². The zero-order valence-electron chi connectivity index (χ0n) is 15.7. The average molecular weight is 442 g/mol. The number of aliphatic hydroxyl groups excluding tert-OH is 1. The fourth-order valence-corrected chi connectivity index (χ4v) is 4.22. The van der Waals surface area contributed by atoms with Gasteiger partial charge in [0.05, 0.1) is 24.4 Å². The van der Waals surface area contributed by atoms with E-state index in [0.29, 0.717) is 16.3 Å². The highest BCUT2D eigenvalue weighted by molar-refractivity contribution is 7.91. The summed E-state index contributed by atoms with van der Waals surface area (Å²) in [5, 5.41) is 19.8. The molecule has 0 aliphatic rings. The molecule has 0 aliphatic carbocycles. The van der Waals surface area contributed by atoms with E-state index in [1.165, 1.54) is 36.2 Å². The molecule has 0 heterocycles. The molecule has 1 amide bonds. The van der Waals surface area contributed by atoms with Crippen molar-refractivity contribution in [3.63, 3.8) is 0 Å². The number of nitrogens with zero attached hydrogens (tertiary/aromatic N) is 1. The molecule has 0 radical (unpaired) electrons. The summed E-state index contributed by atoms with van der Waals surface area (Å²) >= 11 is 5.81. The minimum absolute atomic E-state index is 0.190. The number of hydrogen-bond donors (Lipinski definition) is 2. The van der Waals surface area contributed by atoms with E-state index < -0.39 is 33.8 Å². The van der Waals surface area contributed by atoms with Crippen LogP contribution in [-0.4, -0.2) is 62.6 Å². The summed E-state index contributed by atoms with van der Waals surface area (Å²) in [6.07, 6.45) is 0. The predicted molar refractivity (Wildman–Crippen MR) is 107 cm³/mol. The minimum Gasteiger partial charge on any atom is -0.467 e. The number of methoxy groups -OCH3 is 1. The first-order valence-corrected chi connectivity index (χ1v) is 10.4. The quantitative estimate of drug-likeness (QED) is 0.621. The normalized spacial score (nSPS) is 13.4. The molecular weight excluding hydrogens is 422 g/mol. The summed E-state index contributed by atoms with van der Waals surface area (Å²) in [5.74, 6) is -2.63. The van der Waals surface area contributed by atoms with Crippen molar-refractivity contribution in [3.8, 4) is 0 Å². The summed E-state index contributed by atoms with van der Waals surface area (Å²) in [7, 11) is -1.63. The van der Waals surface area contributed by atoms with E-state index in [2.05, 4.69) is 4.74 Å². The maximum absolute atomic E-state index is 12.5. The van der Waals surface area contributed by atoms with E-state index in [9.17, 15) is 28.2 Å². The molecule has 2 N–H and O–H groups in total. The maximum Gasteiger partial charge on any atom is 0.341 e. The molecule has 0 bridgehead atoms. The Balaban J connectivity index is 2.23. The van der Waals surface area contributed by atoms with Gasteiger partial charge in [0.2, 0.25) is 0 Å². The number of anilines is 1. The van der Waals surface area contributed by atoms with Gasteiger partial charge in [0.1, 0.15) is 0 Å². The number of hydrogen-bond acceptors (Lipinski definition) is 7. The number of carbonyl (C=O) groups is 2. The van der Waals surface area contributed by atoms with E-state index >= 15 is 0 Å². The molecule has 10 heteroatoms. The number of benzene rings is 2. The number of amides is 1. The average Bonchev–Trinajstić information content (AvgIpc) is 2.72. The standard InChI is InChI=1S/C19H20ClNO7S/c1-21(17(23)13-3-5-14(20)6-4-13)15-7-9-16(10-8-15)29(26,27)12-19(25,11-22)18(24)28-2/h3-10,22,25H,11-12H2,1-2H3. The first kappa shape index (κ1) is 22.8. The molecule has 2 rings (SSSR count). The second-order valence-electron chi connectivity index (χ2n) is 6.31. The van der Waals surface area contributed by atoms with Crippen LogP contribution in [0.3, 0.4) is 0 Å². The highest BCUT2D eigenvalue weighted by atomic mass is 35.5. The fraction of sp³-hybridized carbons (Fsp3) is 0.263. The van der Waals surface area contributed by atoms with Gasteiger partial charge in [-0.1, -0.05) is 11.6 Å². The molecule has 0 fully saturated rings. The largest absolute Gasteiger partial charge is 0.467 e. The van der Waals surface area contributed by atoms with Crippen LogP contribution in [0, 0.1) is 0 Å². The lowest BCUT2D eigenvalue weighted by Gasteiger charge is -2.22. The monoisotopic (exact) mass is 441 g/mol. The molecule has 2 aromatic rings. The summed E-state index contributed by atoms with van der Waals surface area (Å²) < 4.78 is 29.4. The molecule has 8 nitrogen and oxygen atoms in total. The Morgan fingerprint density at radius 3 is 2.14 bits per heavy atom. The van der Waals surface area contributed by atoms with Crippen molar-refractivity contribution < 1.29 is 33.0 Å². The van der Waals surface area contributed by atoms with Crippen LogP contribution in [0.1, 0.15) is 10.4 Å². The van der Waals surface area contributed by atoms with Gasteiger partial charge in [-0.3, -0.25) is 4.79 Å². The smallest absolute Gasteiger partial charge is 0.341 e. The third kappa shape index (κ3) is 5.13. The van der Waals surface area contributed by atoms with Gasteiger partial charge in [-0.25, -0.2) is 13.2 Å². The number of sulfone groups is 1. The molecule has 0 saturated heterocycles. The molecule has 2 aromatic carbocycles. The lowest BCUT2D eigenvalue weighted by atomic mass is 10.1. The maximum atomic E-state index is 12.5. The summed E-state index contributed by atoms with van der Waals surface area (Å²) in [6.45, 7) is -1.12. The van der Waals surface area contributed by atoms with Crippen LogP contribution in [0.4, 0.5) is 5.69 Å². The summed E-state index contributed by atoms with van der Waals surface area (Å²) in [5.41, 5.74) is -1.75. The van der Waals surface area contributed by atoms with Crippen LogP contribution in [0.5, 0.6) is 0 Å². The van der Waals surface area contributed by atoms with Crippen molar-refractivity contribution in [1.82, 2.24) is 0 Å². The molecule has 0 spiro atoms. The second kappa shape index (κ2) is 8.91. The number of aliphatic hydroxyl groups is 2. The molecule has 0 saturated carbocycles. The third-order valence-electron chi connectivity index (χ3n) is 4.23. The van der Waals surface area contributed by atoms with E-state index in [0.717, 1.165) is 7.11 Å². The van der Waals surface area contributed by atoms with Crippen LogP contribution in [0.2, 0.25) is 5.02 Å². The van der Waals surface area contributed by atoms with Gasteiger partial charge in [-0.2, -0.15) is 0 Å². The van der Waals surface area contributed by atoms with Gasteiger partial charge in [0.25, 0.3) is 5.91 Å². The fourth-order valence-electron chi connectivity index (χ4n) is 2.54. The Bertz CT molecular complexity index is 990. The highest BCUT2D eigenvalue weighted by Crippen LogP contribution is 2.23. The molecule has 156 valence electrons. The van der Waals surface area contributed by atoms with Crippen LogP contribution in [0.25, 0.3) is 0 Å². The van der Waals surface area contributed by atoms with Gasteiger partial charge in [0, 0.05) is 23.3 Å². The molecule has 1 unspecified atom stereocenters. The molecule has 29 heavy (non-hydrogen) atoms. The predicted octanol–water partition coefficient (Wildman–Crippen LogP) is 1.29. The van der Waals surface area contributed by atoms with Gasteiger partial charge in [0.15, 0.2) is 15.4 Å². The van der Waals surface area contributed by atoms with Crippen LogP contribution >= 0.6 is 11.6 Å². The van der Waals surface area contributed by atoms with Gasteiger partial charge >= 0.3 is 5.97 Å². The number of halogens is 1. The van der Waals surface area contributed by atoms with E-state index in [1.807, 2.05) is 0 Å². The summed E-state index contributed by atoms with van der Waals surface area (Å²) in [6, 6.07) is 11.6. The number of carbonyl (C=O) groups excluding carboxylic acids is 2. The van der Waals surface area contributed by atoms with Crippen LogP contribution in [-0.2, 0) is 19.4 Å². The van der Waals surface area contributed by atoms with Crippen molar-refractivity contribution in [2.24, 2.45) is 0 Å². The van der Waals surface area contributed by atoms with Crippen molar-refractivity contribution in [1.29, 1.82) is 0 Å². The lowest BCUT2D eigenvalue weighted by Crippen LogP contribution is -2.49. The zero-order valence-corrected chi connectivity index (χ0v) is 17.3. The minimum atomic E-state index is -4.13. The van der Waals surface area contributed by atoms with Gasteiger partial charge < -0.3 is 19.8 Å². The Morgan fingerprint density at radius 1 is 1.10 bits per heavy atom. The Hall–Kier alpha value is -2.46. The van der Waals surface area contributed by atoms with E-state index in [-0.39, 0.29) is 10.8 Å². The molecule has 1 atom stereocenters. The van der Waals surface area contributed by atoms with E-state index in [1.54, 1.807) is 24.3 Å². The van der Waals surface area contributed by atoms with Gasteiger partial charge in [-0.05, 0) is 48.5 Å². The highest BCUT2D eigenvalue weighted by Gasteiger charge is 2.42. The van der Waals surface area contributed by atoms with Crippen molar-refractivity contribution in [2.45, 2.75) is 10.5 Å². The lowest BCUT2D eigenvalue weighted by molar-refractivity contribution is -0.163. The zero-order chi connectivity index (χ0) is 21.8. The number of esters is 1. The van der Waals surface area contributed by atoms with Crippen molar-refractivity contribution in [3.05, 3.63) is 59.1 Å². The van der Waals surface area contributed by atoms with Crippen LogP contribution in [0.15, 0.2) is 53.4 Å².